The summed E-state index contributed by atoms with van der Waals surface area (Å²) in [6.07, 6.45) is 2.45. The van der Waals surface area contributed by atoms with Crippen LogP contribution in [-0.4, -0.2) is 25.8 Å². The van der Waals surface area contributed by atoms with E-state index in [1.807, 2.05) is 11.3 Å². The zero-order valence-corrected chi connectivity index (χ0v) is 12.5. The highest BCUT2D eigenvalue weighted by molar-refractivity contribution is 9.11. The summed E-state index contributed by atoms with van der Waals surface area (Å²) in [5.74, 6) is 0. The number of hydrogen-bond donors (Lipinski definition) is 1. The number of nitrogens with one attached hydrogen (secondary N) is 1. The second-order valence-corrected chi connectivity index (χ2v) is 6.49. The molecule has 1 heterocycles. The van der Waals surface area contributed by atoms with Gasteiger partial charge in [-0.3, -0.25) is 0 Å². The number of likely N-dealkylation sites (N-methyl/N-ethyl adjacent to an activating group) is 1. The molecule has 0 saturated heterocycles. The van der Waals surface area contributed by atoms with Gasteiger partial charge in [-0.05, 0) is 54.4 Å². The van der Waals surface area contributed by atoms with Crippen LogP contribution in [0.4, 0.5) is 0 Å². The van der Waals surface area contributed by atoms with Crippen molar-refractivity contribution in [3.05, 3.63) is 20.8 Å². The highest BCUT2D eigenvalue weighted by atomic mass is 79.9. The van der Waals surface area contributed by atoms with Gasteiger partial charge in [0.25, 0.3) is 0 Å². The summed E-state index contributed by atoms with van der Waals surface area (Å²) in [6.45, 7) is 5.27. The van der Waals surface area contributed by atoms with Crippen molar-refractivity contribution < 1.29 is 4.74 Å². The van der Waals surface area contributed by atoms with Crippen LogP contribution in [0.25, 0.3) is 0 Å². The number of ether oxygens (including phenoxy) is 1. The first-order valence-electron chi connectivity index (χ1n) is 5.66. The van der Waals surface area contributed by atoms with E-state index in [0.717, 1.165) is 19.4 Å². The minimum absolute atomic E-state index is 0.312. The number of halogens is 1. The maximum Gasteiger partial charge on any atom is 0.0701 e. The van der Waals surface area contributed by atoms with Gasteiger partial charge < -0.3 is 10.1 Å². The van der Waals surface area contributed by atoms with Gasteiger partial charge in [0.15, 0.2) is 0 Å². The van der Waals surface area contributed by atoms with Crippen molar-refractivity contribution in [1.82, 2.24) is 5.32 Å². The van der Waals surface area contributed by atoms with Crippen LogP contribution in [0, 0.1) is 0 Å². The summed E-state index contributed by atoms with van der Waals surface area (Å²) >= 11 is 5.31. The lowest BCUT2D eigenvalue weighted by molar-refractivity contribution is 0.101. The van der Waals surface area contributed by atoms with E-state index in [1.54, 1.807) is 7.11 Å². The molecule has 0 aromatic carbocycles. The molecule has 0 saturated carbocycles. The Labute approximate surface area is 111 Å². The molecule has 16 heavy (non-hydrogen) atoms. The highest BCUT2D eigenvalue weighted by Gasteiger charge is 2.13. The van der Waals surface area contributed by atoms with Gasteiger partial charge in [-0.25, -0.2) is 0 Å². The monoisotopic (exact) mass is 305 g/mol. The molecular formula is C12H20BrNOS. The van der Waals surface area contributed by atoms with E-state index in [-0.39, 0.29) is 0 Å². The second kappa shape index (κ2) is 7.43. The molecule has 0 bridgehead atoms. The first kappa shape index (κ1) is 14.2. The van der Waals surface area contributed by atoms with Gasteiger partial charge in [-0.15, -0.1) is 11.3 Å². The topological polar surface area (TPSA) is 21.3 Å². The Hall–Kier alpha value is 0.1000. The zero-order chi connectivity index (χ0) is 12.0. The van der Waals surface area contributed by atoms with Gasteiger partial charge in [-0.1, -0.05) is 6.92 Å². The van der Waals surface area contributed by atoms with Crippen molar-refractivity contribution in [1.29, 1.82) is 0 Å². The molecule has 0 fully saturated rings. The largest absolute Gasteiger partial charge is 0.382 e. The van der Waals surface area contributed by atoms with E-state index in [2.05, 4.69) is 47.2 Å². The molecule has 1 rings (SSSR count). The molecule has 0 spiro atoms. The second-order valence-electron chi connectivity index (χ2n) is 3.95. The van der Waals surface area contributed by atoms with Gasteiger partial charge in [-0.2, -0.15) is 0 Å². The molecule has 0 aliphatic heterocycles. The normalized spacial score (nSPS) is 15.0. The summed E-state index contributed by atoms with van der Waals surface area (Å²) in [5.41, 5.74) is 0. The minimum Gasteiger partial charge on any atom is -0.382 e. The van der Waals surface area contributed by atoms with Gasteiger partial charge >= 0.3 is 0 Å². The average Bonchev–Trinajstić information content (AvgIpc) is 2.64. The first-order valence-corrected chi connectivity index (χ1v) is 7.27. The predicted molar refractivity (Wildman–Crippen MR) is 74.3 cm³/mol. The maximum absolute atomic E-state index is 5.32. The lowest BCUT2D eigenvalue weighted by atomic mass is 10.1. The molecular weight excluding hydrogens is 286 g/mol. The SMILES string of the molecule is CCNC(Cc1ccc(Br)s1)CC(C)OC. The third kappa shape index (κ3) is 4.95. The number of rotatable bonds is 7. The van der Waals surface area contributed by atoms with E-state index in [4.69, 9.17) is 4.74 Å². The maximum atomic E-state index is 5.32. The van der Waals surface area contributed by atoms with Gasteiger partial charge in [0.1, 0.15) is 0 Å². The first-order chi connectivity index (χ1) is 7.65. The van der Waals surface area contributed by atoms with Crippen LogP contribution in [0.2, 0.25) is 0 Å². The summed E-state index contributed by atoms with van der Waals surface area (Å²) in [4.78, 5) is 1.42. The molecule has 0 radical (unpaired) electrons. The lowest BCUT2D eigenvalue weighted by Gasteiger charge is -2.20. The van der Waals surface area contributed by atoms with Crippen LogP contribution >= 0.6 is 27.3 Å². The third-order valence-corrected chi connectivity index (χ3v) is 4.23. The fourth-order valence-electron chi connectivity index (χ4n) is 1.73. The Balaban J connectivity index is 2.50. The molecule has 92 valence electrons. The Morgan fingerprint density at radius 1 is 1.50 bits per heavy atom. The van der Waals surface area contributed by atoms with Crippen LogP contribution in [0.3, 0.4) is 0 Å². The molecule has 2 nitrogen and oxygen atoms in total. The molecule has 0 amide bonds. The summed E-state index contributed by atoms with van der Waals surface area (Å²) < 4.78 is 6.53. The Morgan fingerprint density at radius 3 is 2.75 bits per heavy atom. The van der Waals surface area contributed by atoms with Gasteiger partial charge in [0.2, 0.25) is 0 Å². The molecule has 2 atom stereocenters. The molecule has 1 N–H and O–H groups in total. The lowest BCUT2D eigenvalue weighted by Crippen LogP contribution is -2.34. The molecule has 1 aromatic heterocycles. The Kier molecular flexibility index (Phi) is 6.58. The smallest absolute Gasteiger partial charge is 0.0701 e. The Bertz CT molecular complexity index is 303. The molecule has 0 aliphatic rings. The van der Waals surface area contributed by atoms with Crippen LogP contribution < -0.4 is 5.32 Å². The summed E-state index contributed by atoms with van der Waals surface area (Å²) in [5, 5.41) is 3.52. The van der Waals surface area contributed by atoms with Crippen LogP contribution in [0.15, 0.2) is 15.9 Å². The molecule has 2 unspecified atom stereocenters. The average molecular weight is 306 g/mol. The fourth-order valence-corrected chi connectivity index (χ4v) is 3.29. The van der Waals surface area contributed by atoms with Crippen molar-refractivity contribution in [2.24, 2.45) is 0 Å². The highest BCUT2D eigenvalue weighted by Crippen LogP contribution is 2.23. The van der Waals surface area contributed by atoms with E-state index in [1.165, 1.54) is 8.66 Å². The van der Waals surface area contributed by atoms with E-state index < -0.39 is 0 Å². The van der Waals surface area contributed by atoms with Gasteiger partial charge in [0, 0.05) is 18.0 Å². The van der Waals surface area contributed by atoms with E-state index in [0.29, 0.717) is 12.1 Å². The summed E-state index contributed by atoms with van der Waals surface area (Å²) in [6, 6.07) is 4.81. The van der Waals surface area contributed by atoms with Gasteiger partial charge in [0.05, 0.1) is 9.89 Å². The number of methoxy groups -OCH3 is 1. The van der Waals surface area contributed by atoms with Crippen LogP contribution in [-0.2, 0) is 11.2 Å². The molecule has 0 aliphatic carbocycles. The predicted octanol–water partition coefficient (Wildman–Crippen LogP) is 3.46. The summed E-state index contributed by atoms with van der Waals surface area (Å²) in [7, 11) is 1.77. The van der Waals surface area contributed by atoms with Crippen molar-refractivity contribution in [3.63, 3.8) is 0 Å². The third-order valence-electron chi connectivity index (χ3n) is 2.59. The van der Waals surface area contributed by atoms with Crippen LogP contribution in [0.5, 0.6) is 0 Å². The van der Waals surface area contributed by atoms with E-state index in [9.17, 15) is 0 Å². The minimum atomic E-state index is 0.312. The number of thiophene rings is 1. The molecule has 1 aromatic rings. The quantitative estimate of drug-likeness (QED) is 0.833. The van der Waals surface area contributed by atoms with Crippen molar-refractivity contribution in [3.8, 4) is 0 Å². The van der Waals surface area contributed by atoms with Crippen molar-refractivity contribution in [2.75, 3.05) is 13.7 Å². The molecule has 4 heteroatoms. The van der Waals surface area contributed by atoms with Crippen molar-refractivity contribution >= 4 is 27.3 Å². The van der Waals surface area contributed by atoms with E-state index >= 15 is 0 Å². The number of hydrogen-bond acceptors (Lipinski definition) is 3. The Morgan fingerprint density at radius 2 is 2.25 bits per heavy atom. The van der Waals surface area contributed by atoms with Crippen molar-refractivity contribution in [2.45, 2.75) is 38.8 Å². The van der Waals surface area contributed by atoms with Crippen LogP contribution in [0.1, 0.15) is 25.1 Å². The zero-order valence-electron chi connectivity index (χ0n) is 10.1. The fraction of sp³-hybridized carbons (Fsp3) is 0.667. The standard InChI is InChI=1S/C12H20BrNOS/c1-4-14-10(7-9(2)15-3)8-11-5-6-12(13)16-11/h5-6,9-10,14H,4,7-8H2,1-3H3.